The molecule has 0 amide bonds. The molecule has 26 heavy (non-hydrogen) atoms. The highest BCUT2D eigenvalue weighted by Crippen LogP contribution is 2.13. The summed E-state index contributed by atoms with van der Waals surface area (Å²) >= 11 is 8.39. The van der Waals surface area contributed by atoms with Gasteiger partial charge in [0.05, 0.1) is 0 Å². The summed E-state index contributed by atoms with van der Waals surface area (Å²) in [7, 11) is -1.82. The number of aromatic nitrogens is 2. The highest BCUT2D eigenvalue weighted by molar-refractivity contribution is 14.1. The predicted octanol–water partition coefficient (Wildman–Crippen LogP) is 4.63. The molecule has 0 bridgehead atoms. The molecule has 2 rings (SSSR count). The third kappa shape index (κ3) is 10.5. The zero-order valence-electron chi connectivity index (χ0n) is 13.9. The van der Waals surface area contributed by atoms with Gasteiger partial charge in [-0.1, -0.05) is 40.8 Å². The normalized spacial score (nSPS) is 10.2. The van der Waals surface area contributed by atoms with Crippen molar-refractivity contribution in [3.05, 3.63) is 67.2 Å². The second kappa shape index (κ2) is 14.4. The largest absolute Gasteiger partial charge is 0.493 e. The zero-order valence-corrected chi connectivity index (χ0v) is 19.2. The molecule has 0 radical (unpaired) electrons. The molecule has 0 spiro atoms. The monoisotopic (exact) mass is 602 g/mol. The first-order chi connectivity index (χ1) is 12.3. The minimum atomic E-state index is -1.82. The number of nitrogens with zero attached hydrogens (tertiary/aromatic N) is 2. The summed E-state index contributed by atoms with van der Waals surface area (Å²) in [5, 5.41) is 17.2. The lowest BCUT2D eigenvalue weighted by Gasteiger charge is -1.99. The third-order valence-electron chi connectivity index (χ3n) is 2.42. The van der Waals surface area contributed by atoms with E-state index in [0.717, 1.165) is 4.47 Å². The quantitative estimate of drug-likeness (QED) is 0.299. The van der Waals surface area contributed by atoms with Crippen LogP contribution in [0.3, 0.4) is 0 Å². The van der Waals surface area contributed by atoms with Crippen LogP contribution in [0.2, 0.25) is 0 Å². The molecule has 0 saturated heterocycles. The highest BCUT2D eigenvalue weighted by atomic mass is 127. The Morgan fingerprint density at radius 3 is 1.92 bits per heavy atom. The second-order valence-corrected chi connectivity index (χ2v) is 6.95. The van der Waals surface area contributed by atoms with Gasteiger partial charge in [-0.2, -0.15) is 8.78 Å². The van der Waals surface area contributed by atoms with Crippen LogP contribution in [0.15, 0.2) is 49.7 Å². The van der Waals surface area contributed by atoms with E-state index in [1.165, 1.54) is 18.5 Å². The second-order valence-electron chi connectivity index (χ2n) is 4.40. The summed E-state index contributed by atoms with van der Waals surface area (Å²) in [5.74, 6) is -1.31. The van der Waals surface area contributed by atoms with E-state index >= 15 is 0 Å². The molecule has 2 heterocycles. The summed E-state index contributed by atoms with van der Waals surface area (Å²) in [5.41, 5.74) is 0.265. The lowest BCUT2D eigenvalue weighted by molar-refractivity contribution is 0.422. The zero-order chi connectivity index (χ0) is 20.1. The average Bonchev–Trinajstić information content (AvgIpc) is 2.61. The van der Waals surface area contributed by atoms with Crippen molar-refractivity contribution < 1.29 is 18.8 Å². The van der Waals surface area contributed by atoms with Crippen molar-refractivity contribution in [3.63, 3.8) is 0 Å². The summed E-state index contributed by atoms with van der Waals surface area (Å²) in [6.45, 7) is 3.83. The van der Waals surface area contributed by atoms with E-state index in [0.29, 0.717) is 10.0 Å². The average molecular weight is 604 g/mol. The fraction of sp³-hybridized carbons (Fsp3) is 0.125. The Hall–Kier alpha value is -0.685. The maximum Gasteiger partial charge on any atom is 0.493 e. The van der Waals surface area contributed by atoms with Gasteiger partial charge in [0.15, 0.2) is 0 Å². The van der Waals surface area contributed by atoms with Gasteiger partial charge in [-0.3, -0.25) is 0 Å². The van der Waals surface area contributed by atoms with E-state index in [4.69, 9.17) is 10.0 Å². The maximum atomic E-state index is 12.8. The SMILES string of the molecule is C/C=C/I.C/C=C/c1cc(Br)cnc1F.OB(O)c1cc(Br)cnc1F. The van der Waals surface area contributed by atoms with Crippen LogP contribution in [0.1, 0.15) is 19.4 Å². The smallest absolute Gasteiger partial charge is 0.423 e. The number of allylic oxidation sites excluding steroid dienone is 2. The minimum Gasteiger partial charge on any atom is -0.423 e. The van der Waals surface area contributed by atoms with Crippen molar-refractivity contribution in [2.24, 2.45) is 0 Å². The lowest BCUT2D eigenvalue weighted by Crippen LogP contribution is -2.33. The standard InChI is InChI=1S/C8H7BrFN.C5H4BBrFNO2.C3H5I/c1-2-3-6-4-7(9)5-11-8(6)10;7-3-1-4(6(10)11)5(8)9-2-3;1-2-3-4/h2-5H,1H3;1-2,10-11H;2-3H,1H3/b3-2+;;3-2+. The number of pyridine rings is 2. The molecule has 0 aliphatic carbocycles. The van der Waals surface area contributed by atoms with Gasteiger partial charge in [-0.25, -0.2) is 9.97 Å². The lowest BCUT2D eigenvalue weighted by atomic mass is 9.81. The fourth-order valence-electron chi connectivity index (χ4n) is 1.35. The molecule has 0 atom stereocenters. The van der Waals surface area contributed by atoms with Gasteiger partial charge >= 0.3 is 7.12 Å². The van der Waals surface area contributed by atoms with Crippen LogP contribution >= 0.6 is 54.5 Å². The number of halogens is 5. The van der Waals surface area contributed by atoms with Crippen molar-refractivity contribution in [3.8, 4) is 0 Å². The molecule has 0 aromatic carbocycles. The Bertz CT molecular complexity index is 746. The van der Waals surface area contributed by atoms with Crippen molar-refractivity contribution in [1.29, 1.82) is 0 Å². The van der Waals surface area contributed by atoms with Gasteiger partial charge in [0.1, 0.15) is 0 Å². The highest BCUT2D eigenvalue weighted by Gasteiger charge is 2.17. The molecule has 0 aliphatic heterocycles. The third-order valence-corrected chi connectivity index (χ3v) is 4.00. The van der Waals surface area contributed by atoms with Crippen LogP contribution in [-0.4, -0.2) is 27.1 Å². The molecule has 10 heteroatoms. The van der Waals surface area contributed by atoms with Gasteiger partial charge in [0.2, 0.25) is 11.9 Å². The van der Waals surface area contributed by atoms with Crippen molar-refractivity contribution in [2.75, 3.05) is 0 Å². The summed E-state index contributed by atoms with van der Waals surface area (Å²) in [6, 6.07) is 2.94. The fourth-order valence-corrected chi connectivity index (χ4v) is 2.05. The molecular weight excluding hydrogens is 588 g/mol. The van der Waals surface area contributed by atoms with Gasteiger partial charge in [-0.15, -0.1) is 0 Å². The summed E-state index contributed by atoms with van der Waals surface area (Å²) in [6.07, 6.45) is 8.10. The van der Waals surface area contributed by atoms with Crippen molar-refractivity contribution in [1.82, 2.24) is 9.97 Å². The Morgan fingerprint density at radius 1 is 1.00 bits per heavy atom. The predicted molar refractivity (Wildman–Crippen MR) is 117 cm³/mol. The van der Waals surface area contributed by atoms with E-state index in [9.17, 15) is 8.78 Å². The van der Waals surface area contributed by atoms with Crippen LogP contribution in [0.5, 0.6) is 0 Å². The summed E-state index contributed by atoms with van der Waals surface area (Å²) in [4.78, 5) is 6.80. The Balaban J connectivity index is 0.000000401. The van der Waals surface area contributed by atoms with Gasteiger partial charge in [0.25, 0.3) is 0 Å². The van der Waals surface area contributed by atoms with Crippen LogP contribution < -0.4 is 5.46 Å². The maximum absolute atomic E-state index is 12.8. The molecule has 140 valence electrons. The molecule has 0 aliphatic rings. The Kier molecular flexibility index (Phi) is 14.0. The van der Waals surface area contributed by atoms with Crippen molar-refractivity contribution in [2.45, 2.75) is 13.8 Å². The number of rotatable bonds is 2. The molecule has 2 aromatic rings. The first-order valence-electron chi connectivity index (χ1n) is 7.08. The Labute approximate surface area is 182 Å². The number of hydrogen-bond acceptors (Lipinski definition) is 4. The van der Waals surface area contributed by atoms with Gasteiger partial charge in [0, 0.05) is 32.4 Å². The molecule has 0 unspecified atom stereocenters. The molecule has 0 fully saturated rings. The van der Waals surface area contributed by atoms with E-state index in [1.807, 2.05) is 24.0 Å². The van der Waals surface area contributed by atoms with E-state index in [-0.39, 0.29) is 5.46 Å². The first-order valence-corrected chi connectivity index (χ1v) is 9.92. The van der Waals surface area contributed by atoms with E-state index in [1.54, 1.807) is 18.2 Å². The van der Waals surface area contributed by atoms with Crippen LogP contribution in [0, 0.1) is 11.9 Å². The van der Waals surface area contributed by atoms with Crippen LogP contribution in [0.4, 0.5) is 8.78 Å². The Morgan fingerprint density at radius 2 is 1.50 bits per heavy atom. The number of hydrogen-bond donors (Lipinski definition) is 2. The first kappa shape index (κ1) is 25.3. The van der Waals surface area contributed by atoms with Gasteiger partial charge in [-0.05, 0) is 61.9 Å². The minimum absolute atomic E-state index is 0.237. The molecular formula is C16H16BBr2F2IN2O2. The van der Waals surface area contributed by atoms with E-state index < -0.39 is 19.0 Å². The van der Waals surface area contributed by atoms with E-state index in [2.05, 4.69) is 64.4 Å². The topological polar surface area (TPSA) is 66.2 Å². The molecule has 2 N–H and O–H groups in total. The molecule has 4 nitrogen and oxygen atoms in total. The summed E-state index contributed by atoms with van der Waals surface area (Å²) < 4.78 is 28.6. The van der Waals surface area contributed by atoms with Gasteiger partial charge < -0.3 is 10.0 Å². The van der Waals surface area contributed by atoms with Crippen molar-refractivity contribution >= 4 is 73.1 Å². The molecule has 2 aromatic heterocycles. The molecule has 0 saturated carbocycles. The van der Waals surface area contributed by atoms with Crippen LogP contribution in [0.25, 0.3) is 6.08 Å². The van der Waals surface area contributed by atoms with Crippen LogP contribution in [-0.2, 0) is 0 Å².